The molecule has 0 aromatic carbocycles. The summed E-state index contributed by atoms with van der Waals surface area (Å²) in [5, 5.41) is 2.28. The first-order valence-corrected chi connectivity index (χ1v) is 8.14. The highest BCUT2D eigenvalue weighted by Crippen LogP contribution is 2.05. The van der Waals surface area contributed by atoms with E-state index in [0.717, 1.165) is 0 Å². The van der Waals surface area contributed by atoms with Crippen molar-refractivity contribution in [1.29, 1.82) is 0 Å². The maximum atomic E-state index is 11.5. The average molecular weight is 256 g/mol. The number of sulfonamides is 1. The van der Waals surface area contributed by atoms with Crippen LogP contribution in [0.3, 0.4) is 0 Å². The molecule has 0 bridgehead atoms. The van der Waals surface area contributed by atoms with Crippen molar-refractivity contribution in [3.8, 4) is 0 Å². The summed E-state index contributed by atoms with van der Waals surface area (Å²) in [7, 11) is -6.45. The van der Waals surface area contributed by atoms with Gasteiger partial charge in [-0.2, -0.15) is 0 Å². The molecule has 1 aliphatic heterocycles. The predicted octanol–water partition coefficient (Wildman–Crippen LogP) is -1.69. The lowest BCUT2D eigenvalue weighted by atomic mass is 10.4. The van der Waals surface area contributed by atoms with E-state index in [0.29, 0.717) is 13.1 Å². The van der Waals surface area contributed by atoms with Crippen molar-refractivity contribution >= 4 is 19.9 Å². The second kappa shape index (κ2) is 4.77. The second-order valence-electron chi connectivity index (χ2n) is 3.45. The van der Waals surface area contributed by atoms with Crippen molar-refractivity contribution in [2.24, 2.45) is 0 Å². The highest BCUT2D eigenvalue weighted by molar-refractivity contribution is 7.92. The predicted molar refractivity (Wildman–Crippen MR) is 57.9 cm³/mol. The molecule has 0 aromatic heterocycles. The van der Waals surface area contributed by atoms with Gasteiger partial charge in [-0.1, -0.05) is 0 Å². The quantitative estimate of drug-likeness (QED) is 0.626. The van der Waals surface area contributed by atoms with Gasteiger partial charge in [-0.3, -0.25) is 0 Å². The van der Waals surface area contributed by atoms with Crippen LogP contribution in [0.25, 0.3) is 0 Å². The topological polar surface area (TPSA) is 92.3 Å². The molecule has 1 saturated heterocycles. The van der Waals surface area contributed by atoms with Gasteiger partial charge in [0.25, 0.3) is 0 Å². The van der Waals surface area contributed by atoms with Gasteiger partial charge < -0.3 is 5.32 Å². The normalized spacial score (nSPS) is 26.3. The third-order valence-electron chi connectivity index (χ3n) is 2.35. The van der Waals surface area contributed by atoms with E-state index in [1.807, 2.05) is 0 Å². The number of sulfone groups is 1. The summed E-state index contributed by atoms with van der Waals surface area (Å²) in [4.78, 5) is 0. The van der Waals surface area contributed by atoms with Gasteiger partial charge in [-0.05, 0) is 6.92 Å². The van der Waals surface area contributed by atoms with Crippen molar-refractivity contribution in [3.05, 3.63) is 0 Å². The Kier molecular flexibility index (Phi) is 4.10. The highest BCUT2D eigenvalue weighted by atomic mass is 32.2. The van der Waals surface area contributed by atoms with Gasteiger partial charge >= 0.3 is 0 Å². The fourth-order valence-electron chi connectivity index (χ4n) is 1.29. The Labute approximate surface area is 90.4 Å². The lowest BCUT2D eigenvalue weighted by molar-refractivity contribution is 0.537. The molecule has 1 heterocycles. The molecule has 1 rings (SSSR count). The van der Waals surface area contributed by atoms with Crippen molar-refractivity contribution in [1.82, 2.24) is 10.0 Å². The molecule has 1 unspecified atom stereocenters. The molecule has 0 radical (unpaired) electrons. The zero-order valence-corrected chi connectivity index (χ0v) is 10.2. The van der Waals surface area contributed by atoms with Crippen LogP contribution in [0.5, 0.6) is 0 Å². The highest BCUT2D eigenvalue weighted by Gasteiger charge is 2.29. The van der Waals surface area contributed by atoms with E-state index in [-0.39, 0.29) is 18.1 Å². The van der Waals surface area contributed by atoms with Crippen LogP contribution < -0.4 is 10.0 Å². The molecular formula is C7H16N2O4S2. The maximum Gasteiger partial charge on any atom is 0.211 e. The molecule has 0 amide bonds. The molecule has 15 heavy (non-hydrogen) atoms. The van der Waals surface area contributed by atoms with Gasteiger partial charge in [-0.25, -0.2) is 21.6 Å². The Bertz CT molecular complexity index is 401. The number of hydrogen-bond donors (Lipinski definition) is 2. The third-order valence-corrected chi connectivity index (χ3v) is 5.84. The Hall–Kier alpha value is -0.180. The van der Waals surface area contributed by atoms with Crippen LogP contribution in [-0.4, -0.2) is 53.2 Å². The first-order valence-electron chi connectivity index (χ1n) is 4.77. The molecule has 6 nitrogen and oxygen atoms in total. The lowest BCUT2D eigenvalue weighted by Crippen LogP contribution is -2.49. The van der Waals surface area contributed by atoms with Gasteiger partial charge in [0.2, 0.25) is 10.0 Å². The number of hydrogen-bond acceptors (Lipinski definition) is 5. The van der Waals surface area contributed by atoms with E-state index in [1.54, 1.807) is 0 Å². The van der Waals surface area contributed by atoms with Crippen molar-refractivity contribution in [2.45, 2.75) is 12.2 Å². The minimum atomic E-state index is -3.31. The first kappa shape index (κ1) is 12.9. The summed E-state index contributed by atoms with van der Waals surface area (Å²) in [5.41, 5.74) is 0. The van der Waals surface area contributed by atoms with Gasteiger partial charge in [0.05, 0.1) is 16.8 Å². The minimum Gasteiger partial charge on any atom is -0.314 e. The summed E-state index contributed by atoms with van der Waals surface area (Å²) < 4.78 is 47.6. The summed E-state index contributed by atoms with van der Waals surface area (Å²) in [6.07, 6.45) is 0. The van der Waals surface area contributed by atoms with Crippen LogP contribution in [0.1, 0.15) is 6.92 Å². The molecule has 1 atom stereocenters. The molecule has 2 N–H and O–H groups in total. The Morgan fingerprint density at radius 3 is 2.67 bits per heavy atom. The zero-order valence-electron chi connectivity index (χ0n) is 8.56. The molecule has 0 saturated carbocycles. The molecule has 8 heteroatoms. The van der Waals surface area contributed by atoms with Gasteiger partial charge in [0, 0.05) is 19.6 Å². The fraction of sp³-hybridized carbons (Fsp3) is 1.00. The average Bonchev–Trinajstić information content (AvgIpc) is 2.16. The Morgan fingerprint density at radius 1 is 1.47 bits per heavy atom. The zero-order chi connectivity index (χ0) is 11.5. The summed E-state index contributed by atoms with van der Waals surface area (Å²) in [5.74, 6) is 0.0404. The van der Waals surface area contributed by atoms with Crippen molar-refractivity contribution in [2.75, 3.05) is 31.1 Å². The smallest absolute Gasteiger partial charge is 0.211 e. The lowest BCUT2D eigenvalue weighted by Gasteiger charge is -2.23. The van der Waals surface area contributed by atoms with Crippen LogP contribution in [0.2, 0.25) is 0 Å². The van der Waals surface area contributed by atoms with E-state index in [1.165, 1.54) is 6.92 Å². The van der Waals surface area contributed by atoms with E-state index >= 15 is 0 Å². The molecule has 90 valence electrons. The SMILES string of the molecule is CCS(=O)(=O)NCC1CNCCS1(=O)=O. The molecular weight excluding hydrogens is 240 g/mol. The van der Waals surface area contributed by atoms with Crippen molar-refractivity contribution in [3.63, 3.8) is 0 Å². The summed E-state index contributed by atoms with van der Waals surface area (Å²) in [6, 6.07) is 0. The molecule has 0 aliphatic carbocycles. The summed E-state index contributed by atoms with van der Waals surface area (Å²) in [6.45, 7) is 2.23. The van der Waals surface area contributed by atoms with Crippen LogP contribution in [0.15, 0.2) is 0 Å². The minimum absolute atomic E-state index is 0.0345. The number of nitrogens with one attached hydrogen (secondary N) is 2. The van der Waals surface area contributed by atoms with Crippen molar-refractivity contribution < 1.29 is 16.8 Å². The van der Waals surface area contributed by atoms with Gasteiger partial charge in [0.15, 0.2) is 9.84 Å². The largest absolute Gasteiger partial charge is 0.314 e. The van der Waals surface area contributed by atoms with Gasteiger partial charge in [-0.15, -0.1) is 0 Å². The van der Waals surface area contributed by atoms with Crippen LogP contribution >= 0.6 is 0 Å². The van der Waals surface area contributed by atoms with E-state index < -0.39 is 25.1 Å². The Morgan fingerprint density at radius 2 is 2.13 bits per heavy atom. The molecule has 1 fully saturated rings. The third kappa shape index (κ3) is 3.71. The summed E-state index contributed by atoms with van der Waals surface area (Å²) >= 11 is 0. The maximum absolute atomic E-state index is 11.5. The molecule has 1 aliphatic rings. The second-order valence-corrected chi connectivity index (χ2v) is 7.94. The van der Waals surface area contributed by atoms with E-state index in [9.17, 15) is 16.8 Å². The van der Waals surface area contributed by atoms with Crippen LogP contribution in [0.4, 0.5) is 0 Å². The standard InChI is InChI=1S/C7H16N2O4S2/c1-2-15(12,13)9-6-7-5-8-3-4-14(7,10)11/h7-9H,2-6H2,1H3. The van der Waals surface area contributed by atoms with Crippen LogP contribution in [-0.2, 0) is 19.9 Å². The molecule has 0 spiro atoms. The first-order chi connectivity index (χ1) is 6.87. The number of rotatable bonds is 4. The fourth-order valence-corrected chi connectivity index (χ4v) is 3.53. The molecule has 0 aromatic rings. The monoisotopic (exact) mass is 256 g/mol. The Balaban J connectivity index is 2.59. The van der Waals surface area contributed by atoms with Crippen LogP contribution in [0, 0.1) is 0 Å². The van der Waals surface area contributed by atoms with E-state index in [2.05, 4.69) is 10.0 Å². The van der Waals surface area contributed by atoms with Gasteiger partial charge in [0.1, 0.15) is 0 Å². The van der Waals surface area contributed by atoms with E-state index in [4.69, 9.17) is 0 Å².